The number of carbonyl (C=O) groups excluding carboxylic acids is 3. The third-order valence-corrected chi connectivity index (χ3v) is 8.64. The maximum absolute atomic E-state index is 14.6. The van der Waals surface area contributed by atoms with E-state index in [9.17, 15) is 14.4 Å². The van der Waals surface area contributed by atoms with Crippen LogP contribution in [0.2, 0.25) is 5.02 Å². The molecule has 1 saturated heterocycles. The van der Waals surface area contributed by atoms with Gasteiger partial charge in [0.05, 0.1) is 12.0 Å². The number of aromatic nitrogens is 1. The van der Waals surface area contributed by atoms with Crippen LogP contribution in [0.25, 0.3) is 6.08 Å². The number of anilines is 2. The topological polar surface area (TPSA) is 79.4 Å². The molecule has 196 valence electrons. The minimum Gasteiger partial charge on any atom is -0.352 e. The van der Waals surface area contributed by atoms with E-state index in [4.69, 9.17) is 11.6 Å². The van der Waals surface area contributed by atoms with Crippen LogP contribution >= 0.6 is 11.6 Å². The molecule has 4 heterocycles. The number of rotatable bonds is 4. The van der Waals surface area contributed by atoms with Gasteiger partial charge in [-0.1, -0.05) is 59.6 Å². The van der Waals surface area contributed by atoms with Crippen molar-refractivity contribution in [2.24, 2.45) is 5.92 Å². The summed E-state index contributed by atoms with van der Waals surface area (Å²) >= 11 is 6.16. The van der Waals surface area contributed by atoms with Crippen molar-refractivity contribution in [1.29, 1.82) is 0 Å². The summed E-state index contributed by atoms with van der Waals surface area (Å²) in [4.78, 5) is 49.8. The lowest BCUT2D eigenvalue weighted by atomic mass is 9.64. The Kier molecular flexibility index (Phi) is 5.51. The van der Waals surface area contributed by atoms with Crippen molar-refractivity contribution < 1.29 is 14.4 Å². The normalized spacial score (nSPS) is 23.9. The smallest absolute Gasteiger partial charge is 0.238 e. The number of amides is 1. The van der Waals surface area contributed by atoms with Gasteiger partial charge in [-0.25, -0.2) is 0 Å². The van der Waals surface area contributed by atoms with Crippen molar-refractivity contribution in [3.63, 3.8) is 0 Å². The number of para-hydroxylation sites is 1. The quantitative estimate of drug-likeness (QED) is 0.323. The summed E-state index contributed by atoms with van der Waals surface area (Å²) in [5, 5.41) is 3.54. The van der Waals surface area contributed by atoms with E-state index in [1.807, 2.05) is 60.4 Å². The first-order chi connectivity index (χ1) is 19.4. The molecule has 1 fully saturated rings. The highest BCUT2D eigenvalue weighted by atomic mass is 35.5. The number of fused-ring (bicyclic) bond motifs is 6. The van der Waals surface area contributed by atoms with Crippen LogP contribution in [0, 0.1) is 12.8 Å². The number of benzene rings is 3. The number of nitrogens with zero attached hydrogens (tertiary/aromatic N) is 2. The predicted molar refractivity (Wildman–Crippen MR) is 155 cm³/mol. The molecule has 0 saturated carbocycles. The number of Topliss-reactive ketones (excluding diaryl/α,β-unsaturated/α-hetero) is 2. The van der Waals surface area contributed by atoms with Gasteiger partial charge in [-0.15, -0.1) is 0 Å². The van der Waals surface area contributed by atoms with E-state index in [1.165, 1.54) is 0 Å². The number of nitrogens with one attached hydrogen (secondary N) is 1. The zero-order chi connectivity index (χ0) is 27.6. The first-order valence-electron chi connectivity index (χ1n) is 13.1. The maximum atomic E-state index is 14.6. The number of ketones is 2. The zero-order valence-electron chi connectivity index (χ0n) is 21.5. The maximum Gasteiger partial charge on any atom is 0.238 e. The Morgan fingerprint density at radius 2 is 1.73 bits per heavy atom. The van der Waals surface area contributed by atoms with E-state index in [0.717, 1.165) is 16.8 Å². The minimum atomic E-state index is -1.36. The summed E-state index contributed by atoms with van der Waals surface area (Å²) in [5.41, 5.74) is 3.42. The van der Waals surface area contributed by atoms with Crippen LogP contribution in [0.15, 0.2) is 97.2 Å². The van der Waals surface area contributed by atoms with Crippen LogP contribution < -0.4 is 10.2 Å². The number of hydrogen-bond acceptors (Lipinski definition) is 5. The monoisotopic (exact) mass is 545 g/mol. The van der Waals surface area contributed by atoms with Gasteiger partial charge in [0.1, 0.15) is 17.2 Å². The average Bonchev–Trinajstić information content (AvgIpc) is 3.45. The highest BCUT2D eigenvalue weighted by molar-refractivity contribution is 6.30. The van der Waals surface area contributed by atoms with E-state index in [-0.39, 0.29) is 23.2 Å². The molecule has 0 bridgehead atoms. The second kappa shape index (κ2) is 9.00. The van der Waals surface area contributed by atoms with Gasteiger partial charge in [0, 0.05) is 28.2 Å². The van der Waals surface area contributed by atoms with Gasteiger partial charge in [-0.2, -0.15) is 0 Å². The first kappa shape index (κ1) is 24.5. The molecule has 3 aromatic carbocycles. The van der Waals surface area contributed by atoms with Gasteiger partial charge in [0.2, 0.25) is 5.91 Å². The number of halogens is 1. The first-order valence-corrected chi connectivity index (χ1v) is 13.5. The van der Waals surface area contributed by atoms with Gasteiger partial charge in [0.25, 0.3) is 0 Å². The molecule has 4 atom stereocenters. The SMILES string of the molecule is Cc1ccc2c(c1)C=C[C@@H]1N2[C@H](C(=O)c2ccc(Cl)cc2)[C@H](C(=O)c2ccccn2)[C@@]12C(=O)Nc1ccccc12. The summed E-state index contributed by atoms with van der Waals surface area (Å²) in [6, 6.07) is 23.7. The molecule has 0 radical (unpaired) electrons. The van der Waals surface area contributed by atoms with Crippen LogP contribution in [-0.2, 0) is 10.2 Å². The highest BCUT2D eigenvalue weighted by Gasteiger charge is 2.70. The van der Waals surface area contributed by atoms with Crippen molar-refractivity contribution in [3.8, 4) is 0 Å². The van der Waals surface area contributed by atoms with Gasteiger partial charge in [0.15, 0.2) is 11.6 Å². The van der Waals surface area contributed by atoms with E-state index in [1.54, 1.807) is 48.7 Å². The number of carbonyl (C=O) groups is 3. The van der Waals surface area contributed by atoms with Crippen LogP contribution in [0.5, 0.6) is 0 Å². The van der Waals surface area contributed by atoms with Gasteiger partial charge in [-0.05, 0) is 72.6 Å². The minimum absolute atomic E-state index is 0.214. The largest absolute Gasteiger partial charge is 0.352 e. The second-order valence-electron chi connectivity index (χ2n) is 10.5. The summed E-state index contributed by atoms with van der Waals surface area (Å²) in [5.74, 6) is -1.97. The van der Waals surface area contributed by atoms with Crippen LogP contribution in [0.3, 0.4) is 0 Å². The van der Waals surface area contributed by atoms with Crippen molar-refractivity contribution in [2.45, 2.75) is 24.4 Å². The summed E-state index contributed by atoms with van der Waals surface area (Å²) in [6.07, 6.45) is 5.52. The number of pyridine rings is 1. The van der Waals surface area contributed by atoms with Crippen molar-refractivity contribution >= 4 is 46.5 Å². The fourth-order valence-corrected chi connectivity index (χ4v) is 6.88. The predicted octanol–water partition coefficient (Wildman–Crippen LogP) is 5.90. The molecule has 0 aliphatic carbocycles. The molecule has 7 heteroatoms. The van der Waals surface area contributed by atoms with Crippen LogP contribution in [-0.4, -0.2) is 34.5 Å². The van der Waals surface area contributed by atoms with Crippen molar-refractivity contribution in [3.05, 3.63) is 130 Å². The third-order valence-electron chi connectivity index (χ3n) is 8.39. The third kappa shape index (κ3) is 3.36. The molecular weight excluding hydrogens is 522 g/mol. The van der Waals surface area contributed by atoms with Crippen molar-refractivity contribution in [1.82, 2.24) is 4.98 Å². The molecule has 1 aromatic heterocycles. The fraction of sp³-hybridized carbons (Fsp3) is 0.152. The number of hydrogen-bond donors (Lipinski definition) is 1. The summed E-state index contributed by atoms with van der Waals surface area (Å²) < 4.78 is 0. The molecule has 1 amide bonds. The van der Waals surface area contributed by atoms with E-state index < -0.39 is 23.4 Å². The summed E-state index contributed by atoms with van der Waals surface area (Å²) in [6.45, 7) is 2.01. The van der Waals surface area contributed by atoms with Crippen LogP contribution in [0.1, 0.15) is 37.5 Å². The molecule has 7 rings (SSSR count). The van der Waals surface area contributed by atoms with E-state index in [2.05, 4.69) is 16.4 Å². The summed E-state index contributed by atoms with van der Waals surface area (Å²) in [7, 11) is 0. The highest BCUT2D eigenvalue weighted by Crippen LogP contribution is 2.58. The fourth-order valence-electron chi connectivity index (χ4n) is 6.75. The Hall–Kier alpha value is -4.55. The lowest BCUT2D eigenvalue weighted by Gasteiger charge is -2.37. The molecule has 3 aliphatic heterocycles. The molecule has 4 aromatic rings. The van der Waals surface area contributed by atoms with Crippen LogP contribution in [0.4, 0.5) is 11.4 Å². The molecular formula is C33H24ClN3O3. The lowest BCUT2D eigenvalue weighted by Crippen LogP contribution is -2.51. The lowest BCUT2D eigenvalue weighted by molar-refractivity contribution is -0.121. The second-order valence-corrected chi connectivity index (χ2v) is 11.0. The Morgan fingerprint density at radius 1 is 0.950 bits per heavy atom. The standard InChI is InChI=1S/C33H24ClN3O3/c1-19-9-15-26-21(18-19)12-16-27-33(23-6-2-3-7-24(23)36-32(33)40)28(31(39)25-8-4-5-17-35-25)29(37(26)27)30(38)20-10-13-22(34)14-11-20/h2-18,27-29H,1H3,(H,36,40)/t27-,28+,29-,33-/m0/s1. The Morgan fingerprint density at radius 3 is 2.50 bits per heavy atom. The molecule has 40 heavy (non-hydrogen) atoms. The molecule has 6 nitrogen and oxygen atoms in total. The van der Waals surface area contributed by atoms with E-state index in [0.29, 0.717) is 21.8 Å². The molecule has 0 unspecified atom stereocenters. The van der Waals surface area contributed by atoms with E-state index >= 15 is 0 Å². The molecule has 1 N–H and O–H groups in total. The zero-order valence-corrected chi connectivity index (χ0v) is 22.3. The van der Waals surface area contributed by atoms with Gasteiger partial charge in [-0.3, -0.25) is 19.4 Å². The Balaban J connectivity index is 1.54. The average molecular weight is 546 g/mol. The Labute approximate surface area is 236 Å². The molecule has 3 aliphatic rings. The number of aryl methyl sites for hydroxylation is 1. The molecule has 1 spiro atoms. The Bertz CT molecular complexity index is 1730. The van der Waals surface area contributed by atoms with Gasteiger partial charge < -0.3 is 10.2 Å². The van der Waals surface area contributed by atoms with Gasteiger partial charge >= 0.3 is 0 Å². The van der Waals surface area contributed by atoms with Crippen molar-refractivity contribution in [2.75, 3.05) is 10.2 Å².